The van der Waals surface area contributed by atoms with Crippen LogP contribution in [0.4, 0.5) is 23.7 Å². The molecular formula is C20H17ClF3N3O3. The molecule has 0 saturated carbocycles. The molecular weight excluding hydrogens is 423 g/mol. The number of amides is 4. The van der Waals surface area contributed by atoms with Crippen LogP contribution >= 0.6 is 11.6 Å². The molecule has 4 amide bonds. The van der Waals surface area contributed by atoms with Gasteiger partial charge in [-0.25, -0.2) is 4.79 Å². The van der Waals surface area contributed by atoms with E-state index in [9.17, 15) is 27.6 Å². The average molecular weight is 440 g/mol. The highest BCUT2D eigenvalue weighted by atomic mass is 35.5. The van der Waals surface area contributed by atoms with Crippen molar-refractivity contribution in [1.82, 2.24) is 10.2 Å². The van der Waals surface area contributed by atoms with Crippen molar-refractivity contribution < 1.29 is 27.6 Å². The standard InChI is InChI=1S/C20H17ClF3N3O3/c1-11-3-5-12(6-4-11)19(2)17(29)27(18(30)26-19)10-16(28)25-13-7-8-15(21)14(9-13)20(22,23)24/h3-9H,10H2,1-2H3,(H,25,28)(H,26,30). The van der Waals surface area contributed by atoms with Crippen LogP contribution in [0, 0.1) is 6.92 Å². The molecule has 0 spiro atoms. The number of aryl methyl sites for hydroxylation is 1. The minimum absolute atomic E-state index is 0.162. The largest absolute Gasteiger partial charge is 0.417 e. The molecule has 1 aliphatic heterocycles. The second kappa shape index (κ2) is 7.64. The number of hydrogen-bond acceptors (Lipinski definition) is 3. The Kier molecular flexibility index (Phi) is 5.51. The van der Waals surface area contributed by atoms with Crippen LogP contribution in [0.15, 0.2) is 42.5 Å². The number of anilines is 1. The third-order valence-electron chi connectivity index (χ3n) is 4.76. The van der Waals surface area contributed by atoms with Crippen LogP contribution in [0.25, 0.3) is 0 Å². The maximum atomic E-state index is 13.0. The van der Waals surface area contributed by atoms with E-state index >= 15 is 0 Å². The van der Waals surface area contributed by atoms with Gasteiger partial charge in [0.05, 0.1) is 10.6 Å². The number of carbonyl (C=O) groups is 3. The van der Waals surface area contributed by atoms with Crippen molar-refractivity contribution in [2.45, 2.75) is 25.6 Å². The number of benzene rings is 2. The van der Waals surface area contributed by atoms with Crippen molar-refractivity contribution in [3.63, 3.8) is 0 Å². The number of nitrogens with one attached hydrogen (secondary N) is 2. The molecule has 3 rings (SSSR count). The first kappa shape index (κ1) is 21.6. The summed E-state index contributed by atoms with van der Waals surface area (Å²) >= 11 is 5.55. The first-order valence-electron chi connectivity index (χ1n) is 8.79. The molecule has 1 atom stereocenters. The van der Waals surface area contributed by atoms with Crippen LogP contribution in [-0.2, 0) is 21.3 Å². The van der Waals surface area contributed by atoms with Gasteiger partial charge >= 0.3 is 12.2 Å². The summed E-state index contributed by atoms with van der Waals surface area (Å²) < 4.78 is 38.9. The molecule has 1 fully saturated rings. The summed E-state index contributed by atoms with van der Waals surface area (Å²) in [5, 5.41) is 4.30. The van der Waals surface area contributed by atoms with Crippen LogP contribution in [0.3, 0.4) is 0 Å². The third-order valence-corrected chi connectivity index (χ3v) is 5.09. The number of rotatable bonds is 4. The quantitative estimate of drug-likeness (QED) is 0.705. The zero-order chi connectivity index (χ0) is 22.3. The summed E-state index contributed by atoms with van der Waals surface area (Å²) in [5.41, 5.74) is -1.11. The molecule has 0 bridgehead atoms. The summed E-state index contributed by atoms with van der Waals surface area (Å²) in [6, 6.07) is 9.07. The second-order valence-electron chi connectivity index (χ2n) is 7.05. The number of imide groups is 1. The van der Waals surface area contributed by atoms with Gasteiger partial charge in [0.25, 0.3) is 5.91 Å². The maximum absolute atomic E-state index is 13.0. The SMILES string of the molecule is Cc1ccc(C2(C)NC(=O)N(CC(=O)Nc3ccc(Cl)c(C(F)(F)F)c3)C2=O)cc1. The van der Waals surface area contributed by atoms with Gasteiger partial charge in [-0.1, -0.05) is 41.4 Å². The molecule has 0 aliphatic carbocycles. The minimum atomic E-state index is -4.70. The summed E-state index contributed by atoms with van der Waals surface area (Å²) in [6.45, 7) is 2.74. The van der Waals surface area contributed by atoms with E-state index in [4.69, 9.17) is 11.6 Å². The lowest BCUT2D eigenvalue weighted by Crippen LogP contribution is -2.42. The average Bonchev–Trinajstić information content (AvgIpc) is 2.87. The molecule has 6 nitrogen and oxygen atoms in total. The summed E-state index contributed by atoms with van der Waals surface area (Å²) in [4.78, 5) is 38.2. The monoisotopic (exact) mass is 439 g/mol. The molecule has 2 N–H and O–H groups in total. The molecule has 2 aromatic rings. The predicted octanol–water partition coefficient (Wildman–Crippen LogP) is 4.07. The molecule has 1 heterocycles. The number of carbonyl (C=O) groups excluding carboxylic acids is 3. The highest BCUT2D eigenvalue weighted by molar-refractivity contribution is 6.31. The molecule has 1 saturated heterocycles. The first-order valence-corrected chi connectivity index (χ1v) is 9.17. The van der Waals surface area contributed by atoms with Crippen molar-refractivity contribution in [2.24, 2.45) is 0 Å². The molecule has 0 radical (unpaired) electrons. The number of nitrogens with zero attached hydrogens (tertiary/aromatic N) is 1. The Morgan fingerprint density at radius 2 is 1.80 bits per heavy atom. The van der Waals surface area contributed by atoms with E-state index in [2.05, 4.69) is 10.6 Å². The Balaban J connectivity index is 1.75. The van der Waals surface area contributed by atoms with E-state index in [1.807, 2.05) is 6.92 Å². The molecule has 30 heavy (non-hydrogen) atoms. The number of alkyl halides is 3. The fourth-order valence-electron chi connectivity index (χ4n) is 3.09. The van der Waals surface area contributed by atoms with Gasteiger partial charge in [0.1, 0.15) is 12.1 Å². The van der Waals surface area contributed by atoms with E-state index in [0.29, 0.717) is 11.6 Å². The second-order valence-corrected chi connectivity index (χ2v) is 7.46. The number of urea groups is 1. The number of hydrogen-bond donors (Lipinski definition) is 2. The van der Waals surface area contributed by atoms with Crippen molar-refractivity contribution in [2.75, 3.05) is 11.9 Å². The van der Waals surface area contributed by atoms with Gasteiger partial charge < -0.3 is 10.6 Å². The van der Waals surface area contributed by atoms with E-state index < -0.39 is 46.7 Å². The lowest BCUT2D eigenvalue weighted by molar-refractivity contribution is -0.137. The zero-order valence-corrected chi connectivity index (χ0v) is 16.7. The highest BCUT2D eigenvalue weighted by Gasteiger charge is 2.49. The van der Waals surface area contributed by atoms with E-state index in [-0.39, 0.29) is 5.69 Å². The van der Waals surface area contributed by atoms with Gasteiger partial charge in [0, 0.05) is 5.69 Å². The smallest absolute Gasteiger partial charge is 0.325 e. The normalized spacial score (nSPS) is 19.1. The highest BCUT2D eigenvalue weighted by Crippen LogP contribution is 2.36. The lowest BCUT2D eigenvalue weighted by atomic mass is 9.91. The van der Waals surface area contributed by atoms with E-state index in [1.54, 1.807) is 24.3 Å². The molecule has 10 heteroatoms. The fraction of sp³-hybridized carbons (Fsp3) is 0.250. The van der Waals surface area contributed by atoms with Gasteiger partial charge in [-0.05, 0) is 37.6 Å². The van der Waals surface area contributed by atoms with Gasteiger partial charge in [-0.3, -0.25) is 14.5 Å². The Morgan fingerprint density at radius 3 is 2.40 bits per heavy atom. The topological polar surface area (TPSA) is 78.5 Å². The molecule has 0 aromatic heterocycles. The molecule has 1 aliphatic rings. The predicted molar refractivity (Wildman–Crippen MR) is 104 cm³/mol. The zero-order valence-electron chi connectivity index (χ0n) is 15.9. The van der Waals surface area contributed by atoms with Crippen LogP contribution in [0.5, 0.6) is 0 Å². The Morgan fingerprint density at radius 1 is 1.17 bits per heavy atom. The van der Waals surface area contributed by atoms with Crippen molar-refractivity contribution in [1.29, 1.82) is 0 Å². The minimum Gasteiger partial charge on any atom is -0.325 e. The van der Waals surface area contributed by atoms with Crippen molar-refractivity contribution in [3.8, 4) is 0 Å². The molecule has 2 aromatic carbocycles. The van der Waals surface area contributed by atoms with Gasteiger partial charge in [0.2, 0.25) is 5.91 Å². The van der Waals surface area contributed by atoms with Crippen LogP contribution in [0.1, 0.15) is 23.6 Å². The Hall–Kier alpha value is -3.07. The number of halogens is 4. The maximum Gasteiger partial charge on any atom is 0.417 e. The fourth-order valence-corrected chi connectivity index (χ4v) is 3.31. The molecule has 158 valence electrons. The van der Waals surface area contributed by atoms with E-state index in [1.165, 1.54) is 13.0 Å². The van der Waals surface area contributed by atoms with Crippen LogP contribution in [0.2, 0.25) is 5.02 Å². The third kappa shape index (κ3) is 4.11. The Bertz CT molecular complexity index is 1020. The first-order chi connectivity index (χ1) is 13.9. The van der Waals surface area contributed by atoms with Crippen LogP contribution < -0.4 is 10.6 Å². The lowest BCUT2D eigenvalue weighted by Gasteiger charge is -2.22. The van der Waals surface area contributed by atoms with Crippen molar-refractivity contribution >= 4 is 35.1 Å². The summed E-state index contributed by atoms with van der Waals surface area (Å²) in [7, 11) is 0. The summed E-state index contributed by atoms with van der Waals surface area (Å²) in [5.74, 6) is -1.47. The van der Waals surface area contributed by atoms with Crippen LogP contribution in [-0.4, -0.2) is 29.3 Å². The van der Waals surface area contributed by atoms with Crippen molar-refractivity contribution in [3.05, 3.63) is 64.2 Å². The van der Waals surface area contributed by atoms with Gasteiger partial charge in [-0.2, -0.15) is 13.2 Å². The van der Waals surface area contributed by atoms with E-state index in [0.717, 1.165) is 16.5 Å². The van der Waals surface area contributed by atoms with Gasteiger partial charge in [-0.15, -0.1) is 0 Å². The van der Waals surface area contributed by atoms with Gasteiger partial charge in [0.15, 0.2) is 0 Å². The summed E-state index contributed by atoms with van der Waals surface area (Å²) in [6.07, 6.45) is -4.70. The Labute approximate surface area is 175 Å². The molecule has 1 unspecified atom stereocenters.